The molecule has 1 aromatic heterocycles. The molecule has 4 unspecified atom stereocenters. The number of furan rings is 1. The van der Waals surface area contributed by atoms with Crippen molar-refractivity contribution in [3.8, 4) is 0 Å². The highest BCUT2D eigenvalue weighted by Gasteiger charge is 2.34. The number of nitrogens with two attached hydrogens (primary N) is 1. The molecule has 0 bridgehead atoms. The van der Waals surface area contributed by atoms with Crippen LogP contribution in [0.25, 0.3) is 0 Å². The first-order chi connectivity index (χ1) is 8.49. The van der Waals surface area contributed by atoms with Crippen molar-refractivity contribution < 1.29 is 9.52 Å². The van der Waals surface area contributed by atoms with Crippen molar-refractivity contribution in [1.82, 2.24) is 4.90 Å². The zero-order valence-electron chi connectivity index (χ0n) is 11.5. The van der Waals surface area contributed by atoms with Crippen molar-refractivity contribution in [2.45, 2.75) is 45.4 Å². The molecule has 0 aliphatic carbocycles. The Labute approximate surface area is 109 Å². The number of nitrogens with zero attached hydrogens (tertiary/aromatic N) is 1. The second kappa shape index (κ2) is 5.43. The molecule has 0 amide bonds. The van der Waals surface area contributed by atoms with Gasteiger partial charge < -0.3 is 15.3 Å². The van der Waals surface area contributed by atoms with Crippen LogP contribution in [0.15, 0.2) is 16.5 Å². The van der Waals surface area contributed by atoms with E-state index in [2.05, 4.69) is 4.90 Å². The summed E-state index contributed by atoms with van der Waals surface area (Å²) < 4.78 is 5.73. The molecule has 4 atom stereocenters. The van der Waals surface area contributed by atoms with Crippen molar-refractivity contribution in [3.05, 3.63) is 23.7 Å². The number of hydrogen-bond donors (Lipinski definition) is 2. The summed E-state index contributed by atoms with van der Waals surface area (Å²) in [5.41, 5.74) is 6.12. The molecule has 0 aromatic carbocycles. The molecule has 1 aromatic rings. The average molecular weight is 252 g/mol. The van der Waals surface area contributed by atoms with Crippen LogP contribution < -0.4 is 5.73 Å². The zero-order valence-corrected chi connectivity index (χ0v) is 11.5. The summed E-state index contributed by atoms with van der Waals surface area (Å²) in [7, 11) is 0. The lowest BCUT2D eigenvalue weighted by Crippen LogP contribution is -2.38. The van der Waals surface area contributed by atoms with Gasteiger partial charge in [-0.3, -0.25) is 4.90 Å². The van der Waals surface area contributed by atoms with Crippen molar-refractivity contribution in [3.63, 3.8) is 0 Å². The lowest BCUT2D eigenvalue weighted by molar-refractivity contribution is 0.115. The third kappa shape index (κ3) is 2.76. The topological polar surface area (TPSA) is 62.6 Å². The van der Waals surface area contributed by atoms with E-state index < -0.39 is 0 Å². The summed E-state index contributed by atoms with van der Waals surface area (Å²) in [4.78, 5) is 2.33. The molecule has 4 nitrogen and oxygen atoms in total. The molecule has 3 N–H and O–H groups in total. The van der Waals surface area contributed by atoms with Crippen LogP contribution in [-0.2, 0) is 0 Å². The average Bonchev–Trinajstić information content (AvgIpc) is 2.88. The van der Waals surface area contributed by atoms with Crippen molar-refractivity contribution in [2.24, 2.45) is 11.7 Å². The van der Waals surface area contributed by atoms with E-state index in [1.165, 1.54) is 0 Å². The lowest BCUT2D eigenvalue weighted by atomic mass is 10.0. The predicted molar refractivity (Wildman–Crippen MR) is 71.2 cm³/mol. The van der Waals surface area contributed by atoms with Crippen LogP contribution in [0.2, 0.25) is 0 Å². The molecule has 4 heteroatoms. The number of rotatable bonds is 4. The summed E-state index contributed by atoms with van der Waals surface area (Å²) in [5.74, 6) is 2.21. The van der Waals surface area contributed by atoms with E-state index in [0.717, 1.165) is 31.0 Å². The number of likely N-dealkylation sites (tertiary alicyclic amines) is 1. The van der Waals surface area contributed by atoms with Gasteiger partial charge in [0.2, 0.25) is 0 Å². The highest BCUT2D eigenvalue weighted by atomic mass is 16.3. The molecule has 2 rings (SSSR count). The Morgan fingerprint density at radius 1 is 1.44 bits per heavy atom. The molecular formula is C14H24N2O2. The predicted octanol–water partition coefficient (Wildman–Crippen LogP) is 1.68. The van der Waals surface area contributed by atoms with Gasteiger partial charge in [0, 0.05) is 12.6 Å². The third-order valence-electron chi connectivity index (χ3n) is 3.88. The molecule has 1 saturated heterocycles. The molecular weight excluding hydrogens is 228 g/mol. The van der Waals surface area contributed by atoms with Crippen LogP contribution in [0.1, 0.15) is 37.8 Å². The number of hydrogen-bond acceptors (Lipinski definition) is 4. The number of aliphatic hydroxyl groups is 1. The van der Waals surface area contributed by atoms with Gasteiger partial charge in [0.1, 0.15) is 11.5 Å². The van der Waals surface area contributed by atoms with E-state index in [1.807, 2.05) is 32.9 Å². The molecule has 0 radical (unpaired) electrons. The molecule has 1 aliphatic rings. The van der Waals surface area contributed by atoms with Gasteiger partial charge in [0.15, 0.2) is 0 Å². The first-order valence-electron chi connectivity index (χ1n) is 6.73. The van der Waals surface area contributed by atoms with Gasteiger partial charge in [-0.15, -0.1) is 0 Å². The molecule has 102 valence electrons. The third-order valence-corrected chi connectivity index (χ3v) is 3.88. The maximum absolute atomic E-state index is 9.68. The van der Waals surface area contributed by atoms with Crippen molar-refractivity contribution in [1.29, 1.82) is 0 Å². The van der Waals surface area contributed by atoms with Crippen LogP contribution in [-0.4, -0.2) is 35.2 Å². The van der Waals surface area contributed by atoms with Crippen LogP contribution in [0, 0.1) is 12.8 Å². The van der Waals surface area contributed by atoms with Gasteiger partial charge in [-0.2, -0.15) is 0 Å². The summed E-state index contributed by atoms with van der Waals surface area (Å²) in [5, 5.41) is 9.68. The van der Waals surface area contributed by atoms with Gasteiger partial charge >= 0.3 is 0 Å². The smallest absolute Gasteiger partial charge is 0.122 e. The summed E-state index contributed by atoms with van der Waals surface area (Å²) in [6, 6.07) is 4.12. The largest absolute Gasteiger partial charge is 0.465 e. The maximum Gasteiger partial charge on any atom is 0.122 e. The Morgan fingerprint density at radius 3 is 2.61 bits per heavy atom. The van der Waals surface area contributed by atoms with Gasteiger partial charge in [-0.1, -0.05) is 0 Å². The Morgan fingerprint density at radius 2 is 2.17 bits per heavy atom. The molecule has 1 aliphatic heterocycles. The Kier molecular flexibility index (Phi) is 4.10. The van der Waals surface area contributed by atoms with E-state index in [4.69, 9.17) is 10.2 Å². The number of aliphatic hydroxyl groups excluding tert-OH is 1. The molecule has 0 spiro atoms. The van der Waals surface area contributed by atoms with E-state index in [9.17, 15) is 5.11 Å². The van der Waals surface area contributed by atoms with Gasteiger partial charge in [0.05, 0.1) is 12.1 Å². The summed E-state index contributed by atoms with van der Waals surface area (Å²) in [6.45, 7) is 7.69. The molecule has 0 saturated carbocycles. The Bertz CT molecular complexity index is 387. The second-order valence-corrected chi connectivity index (χ2v) is 5.54. The quantitative estimate of drug-likeness (QED) is 0.856. The standard InChI is InChI=1S/C14H24N2O2/c1-9-4-5-13(18-9)14(10(2)15)16-7-6-12(8-16)11(3)17/h4-5,10-12,14,17H,6-8,15H2,1-3H3. The first kappa shape index (κ1) is 13.6. The summed E-state index contributed by atoms with van der Waals surface area (Å²) in [6.07, 6.45) is 0.780. The fourth-order valence-electron chi connectivity index (χ4n) is 2.85. The molecule has 18 heavy (non-hydrogen) atoms. The lowest BCUT2D eigenvalue weighted by Gasteiger charge is -2.29. The minimum absolute atomic E-state index is 0.0169. The van der Waals surface area contributed by atoms with Crippen molar-refractivity contribution >= 4 is 0 Å². The van der Waals surface area contributed by atoms with Gasteiger partial charge in [-0.25, -0.2) is 0 Å². The van der Waals surface area contributed by atoms with Gasteiger partial charge in [-0.05, 0) is 51.8 Å². The SMILES string of the molecule is Cc1ccc(C(C(C)N)N2CCC(C(C)O)C2)o1. The Hall–Kier alpha value is -0.840. The van der Waals surface area contributed by atoms with Crippen molar-refractivity contribution in [2.75, 3.05) is 13.1 Å². The number of aryl methyl sites for hydroxylation is 1. The minimum Gasteiger partial charge on any atom is -0.465 e. The van der Waals surface area contributed by atoms with Crippen LogP contribution in [0.4, 0.5) is 0 Å². The van der Waals surface area contributed by atoms with Crippen LogP contribution >= 0.6 is 0 Å². The molecule has 1 fully saturated rings. The minimum atomic E-state index is -0.248. The van der Waals surface area contributed by atoms with E-state index in [0.29, 0.717) is 5.92 Å². The van der Waals surface area contributed by atoms with Crippen LogP contribution in [0.3, 0.4) is 0 Å². The normalized spacial score (nSPS) is 26.2. The second-order valence-electron chi connectivity index (χ2n) is 5.54. The fraction of sp³-hybridized carbons (Fsp3) is 0.714. The summed E-state index contributed by atoms with van der Waals surface area (Å²) >= 11 is 0. The first-order valence-corrected chi connectivity index (χ1v) is 6.73. The monoisotopic (exact) mass is 252 g/mol. The zero-order chi connectivity index (χ0) is 13.3. The van der Waals surface area contributed by atoms with E-state index in [-0.39, 0.29) is 18.2 Å². The fourth-order valence-corrected chi connectivity index (χ4v) is 2.85. The van der Waals surface area contributed by atoms with Gasteiger partial charge in [0.25, 0.3) is 0 Å². The van der Waals surface area contributed by atoms with E-state index >= 15 is 0 Å². The highest BCUT2D eigenvalue weighted by Crippen LogP contribution is 2.31. The highest BCUT2D eigenvalue weighted by molar-refractivity contribution is 5.12. The van der Waals surface area contributed by atoms with E-state index in [1.54, 1.807) is 0 Å². The maximum atomic E-state index is 9.68. The molecule has 2 heterocycles. The Balaban J connectivity index is 2.12. The van der Waals surface area contributed by atoms with Crippen LogP contribution in [0.5, 0.6) is 0 Å².